The van der Waals surface area contributed by atoms with Gasteiger partial charge < -0.3 is 14.8 Å². The number of rotatable bonds is 5. The quantitative estimate of drug-likeness (QED) is 0.815. The third-order valence-electron chi connectivity index (χ3n) is 4.33. The van der Waals surface area contributed by atoms with Crippen molar-refractivity contribution in [1.82, 2.24) is 5.32 Å². The van der Waals surface area contributed by atoms with Crippen molar-refractivity contribution in [2.75, 3.05) is 13.1 Å². The van der Waals surface area contributed by atoms with Crippen LogP contribution in [0, 0.1) is 0 Å². The van der Waals surface area contributed by atoms with E-state index in [0.717, 1.165) is 47.6 Å². The molecular weight excluding hydrogens is 380 g/mol. The lowest BCUT2D eigenvalue weighted by molar-refractivity contribution is -0.0359. The van der Waals surface area contributed by atoms with E-state index < -0.39 is 0 Å². The Hall–Kier alpha value is -2.27. The van der Waals surface area contributed by atoms with Crippen molar-refractivity contribution in [3.8, 4) is 0 Å². The van der Waals surface area contributed by atoms with Gasteiger partial charge in [0.15, 0.2) is 0 Å². The highest BCUT2D eigenvalue weighted by Gasteiger charge is 2.23. The van der Waals surface area contributed by atoms with E-state index in [2.05, 4.69) is 50.5 Å². The van der Waals surface area contributed by atoms with Crippen LogP contribution in [0.4, 0.5) is 0 Å². The molecule has 2 aliphatic rings. The Morgan fingerprint density at radius 2 is 1.92 bits per heavy atom. The number of nitrogens with one attached hydrogen (secondary N) is 1. The Bertz CT molecular complexity index is 832. The fourth-order valence-electron chi connectivity index (χ4n) is 3.06. The maximum absolute atomic E-state index is 5.98. The number of halogens is 1. The first kappa shape index (κ1) is 16.2. The van der Waals surface area contributed by atoms with E-state index in [9.17, 15) is 0 Å². The zero-order valence-electron chi connectivity index (χ0n) is 13.7. The maximum Gasteiger partial charge on any atom is 0.267 e. The summed E-state index contributed by atoms with van der Waals surface area (Å²) < 4.78 is 12.7. The van der Waals surface area contributed by atoms with Gasteiger partial charge in [-0.05, 0) is 18.1 Å². The Morgan fingerprint density at radius 1 is 1.08 bits per heavy atom. The van der Waals surface area contributed by atoms with Crippen LogP contribution in [0.15, 0.2) is 70.0 Å². The Morgan fingerprint density at radius 3 is 2.76 bits per heavy atom. The lowest BCUT2D eigenvalue weighted by Crippen LogP contribution is -2.20. The number of amidine groups is 1. The van der Waals surface area contributed by atoms with Crippen LogP contribution in [-0.4, -0.2) is 18.9 Å². The minimum atomic E-state index is -0.373. The fourth-order valence-corrected chi connectivity index (χ4v) is 3.53. The molecule has 0 fully saturated rings. The first-order valence-electron chi connectivity index (χ1n) is 8.43. The Kier molecular flexibility index (Phi) is 4.74. The lowest BCUT2D eigenvalue weighted by atomic mass is 10.0. The first-order valence-corrected chi connectivity index (χ1v) is 9.23. The highest BCUT2D eigenvalue weighted by atomic mass is 79.9. The summed E-state index contributed by atoms with van der Waals surface area (Å²) in [4.78, 5) is 4.54. The van der Waals surface area contributed by atoms with E-state index in [1.807, 2.05) is 24.3 Å². The first-order chi connectivity index (χ1) is 12.3. The lowest BCUT2D eigenvalue weighted by Gasteiger charge is -2.14. The molecule has 0 saturated carbocycles. The van der Waals surface area contributed by atoms with E-state index in [-0.39, 0.29) is 6.29 Å². The predicted molar refractivity (Wildman–Crippen MR) is 101 cm³/mol. The number of nitrogens with zero attached hydrogens (tertiary/aromatic N) is 1. The third kappa shape index (κ3) is 3.56. The van der Waals surface area contributed by atoms with Gasteiger partial charge in [0.2, 0.25) is 0 Å². The van der Waals surface area contributed by atoms with Gasteiger partial charge >= 0.3 is 0 Å². The van der Waals surface area contributed by atoms with E-state index in [0.29, 0.717) is 0 Å². The summed E-state index contributed by atoms with van der Waals surface area (Å²) in [6, 6.07) is 16.4. The van der Waals surface area contributed by atoms with Gasteiger partial charge in [-0.1, -0.05) is 58.4 Å². The minimum Gasteiger partial charge on any atom is -0.455 e. The second-order valence-electron chi connectivity index (χ2n) is 6.01. The Labute approximate surface area is 155 Å². The number of aliphatic imine (C=N–C) groups is 1. The van der Waals surface area contributed by atoms with E-state index >= 15 is 0 Å². The zero-order valence-corrected chi connectivity index (χ0v) is 15.3. The van der Waals surface area contributed by atoms with Crippen molar-refractivity contribution in [3.05, 3.63) is 81.7 Å². The van der Waals surface area contributed by atoms with Crippen LogP contribution in [0.2, 0.25) is 0 Å². The molecule has 2 aliphatic heterocycles. The molecule has 2 heterocycles. The zero-order chi connectivity index (χ0) is 17.1. The second-order valence-corrected chi connectivity index (χ2v) is 6.86. The summed E-state index contributed by atoms with van der Waals surface area (Å²) in [5.41, 5.74) is 3.45. The highest BCUT2D eigenvalue weighted by molar-refractivity contribution is 9.10. The van der Waals surface area contributed by atoms with E-state index in [4.69, 9.17) is 9.47 Å². The van der Waals surface area contributed by atoms with Crippen molar-refractivity contribution in [1.29, 1.82) is 0 Å². The van der Waals surface area contributed by atoms with Gasteiger partial charge in [0.25, 0.3) is 6.29 Å². The van der Waals surface area contributed by atoms with E-state index in [1.54, 1.807) is 6.26 Å². The maximum atomic E-state index is 5.98. The second kappa shape index (κ2) is 7.31. The largest absolute Gasteiger partial charge is 0.455 e. The van der Waals surface area contributed by atoms with Gasteiger partial charge in [0, 0.05) is 28.6 Å². The highest BCUT2D eigenvalue weighted by Crippen LogP contribution is 2.34. The summed E-state index contributed by atoms with van der Waals surface area (Å²) in [6.07, 6.45) is 3.04. The fraction of sp³-hybridized carbons (Fsp3) is 0.250. The average Bonchev–Trinajstić information content (AvgIpc) is 3.33. The molecule has 1 atom stereocenters. The van der Waals surface area contributed by atoms with Crippen molar-refractivity contribution < 1.29 is 9.47 Å². The molecular formula is C20H19BrN2O2. The molecule has 5 heteroatoms. The van der Waals surface area contributed by atoms with Crippen LogP contribution in [0.3, 0.4) is 0 Å². The molecule has 0 spiro atoms. The molecule has 4 rings (SSSR count). The van der Waals surface area contributed by atoms with E-state index in [1.165, 1.54) is 11.1 Å². The van der Waals surface area contributed by atoms with Gasteiger partial charge in [0.05, 0.1) is 6.54 Å². The molecule has 0 bridgehead atoms. The third-order valence-corrected chi connectivity index (χ3v) is 5.05. The van der Waals surface area contributed by atoms with Crippen molar-refractivity contribution in [3.63, 3.8) is 0 Å². The number of benzene rings is 2. The Balaban J connectivity index is 1.41. The number of hydrogen-bond acceptors (Lipinski definition) is 4. The molecule has 0 aromatic heterocycles. The normalized spacial score (nSPS) is 18.8. The number of allylic oxidation sites excluding steroid dienone is 1. The van der Waals surface area contributed by atoms with Crippen molar-refractivity contribution in [2.45, 2.75) is 19.1 Å². The molecule has 25 heavy (non-hydrogen) atoms. The molecule has 2 aromatic carbocycles. The minimum absolute atomic E-state index is 0.373. The molecule has 1 N–H and O–H groups in total. The van der Waals surface area contributed by atoms with Gasteiger partial charge in [-0.2, -0.15) is 0 Å². The molecule has 1 unspecified atom stereocenters. The van der Waals surface area contributed by atoms with Crippen LogP contribution >= 0.6 is 15.9 Å². The predicted octanol–water partition coefficient (Wildman–Crippen LogP) is 4.32. The van der Waals surface area contributed by atoms with Gasteiger partial charge in [-0.25, -0.2) is 0 Å². The molecule has 0 amide bonds. The standard InChI is InChI=1S/C20H19BrN2O2/c21-18-8-4-3-7-17(18)20-24-13-15(25-20)10-9-14-5-1-2-6-16(14)19-22-11-12-23-19/h1-8,13,20H,9-12H2,(H,22,23). The van der Waals surface area contributed by atoms with Crippen LogP contribution in [0.5, 0.6) is 0 Å². The summed E-state index contributed by atoms with van der Waals surface area (Å²) in [6.45, 7) is 1.76. The molecule has 128 valence electrons. The van der Waals surface area contributed by atoms with Crippen LogP contribution < -0.4 is 5.32 Å². The van der Waals surface area contributed by atoms with Crippen LogP contribution in [0.25, 0.3) is 0 Å². The monoisotopic (exact) mass is 398 g/mol. The van der Waals surface area contributed by atoms with Crippen molar-refractivity contribution in [2.24, 2.45) is 4.99 Å². The number of ether oxygens (including phenoxy) is 2. The molecule has 0 radical (unpaired) electrons. The van der Waals surface area contributed by atoms with Gasteiger partial charge in [-0.15, -0.1) is 0 Å². The number of aryl methyl sites for hydroxylation is 1. The summed E-state index contributed by atoms with van der Waals surface area (Å²) >= 11 is 3.55. The summed E-state index contributed by atoms with van der Waals surface area (Å²) in [7, 11) is 0. The molecule has 0 saturated heterocycles. The summed E-state index contributed by atoms with van der Waals surface area (Å²) in [5, 5.41) is 3.35. The van der Waals surface area contributed by atoms with Crippen LogP contribution in [-0.2, 0) is 15.9 Å². The SMILES string of the molecule is Brc1ccccc1C1OC=C(CCc2ccccc2C2=NCCN2)O1. The van der Waals surface area contributed by atoms with Crippen molar-refractivity contribution >= 4 is 21.8 Å². The summed E-state index contributed by atoms with van der Waals surface area (Å²) in [5.74, 6) is 1.87. The van der Waals surface area contributed by atoms with Crippen LogP contribution in [0.1, 0.15) is 29.4 Å². The molecule has 2 aromatic rings. The molecule has 0 aliphatic carbocycles. The topological polar surface area (TPSA) is 42.8 Å². The number of hydrogen-bond donors (Lipinski definition) is 1. The smallest absolute Gasteiger partial charge is 0.267 e. The van der Waals surface area contributed by atoms with Gasteiger partial charge in [-0.3, -0.25) is 4.99 Å². The van der Waals surface area contributed by atoms with Gasteiger partial charge in [0.1, 0.15) is 17.9 Å². The molecule has 4 nitrogen and oxygen atoms in total. The average molecular weight is 399 g/mol.